The van der Waals surface area contributed by atoms with Gasteiger partial charge in [-0.2, -0.15) is 0 Å². The lowest BCUT2D eigenvalue weighted by atomic mass is 9.88. The zero-order valence-electron chi connectivity index (χ0n) is 12.8. The molecule has 2 aliphatic rings. The summed E-state index contributed by atoms with van der Waals surface area (Å²) >= 11 is 0. The van der Waals surface area contributed by atoms with Crippen molar-refractivity contribution in [3.8, 4) is 5.75 Å². The Bertz CT molecular complexity index is 517. The first-order chi connectivity index (χ1) is 10.2. The largest absolute Gasteiger partial charge is 0.494 e. The summed E-state index contributed by atoms with van der Waals surface area (Å²) in [4.78, 5) is 14.5. The van der Waals surface area contributed by atoms with Gasteiger partial charge in [0.05, 0.1) is 12.5 Å². The molecule has 3 unspecified atom stereocenters. The third-order valence-electron chi connectivity index (χ3n) is 4.67. The third-order valence-corrected chi connectivity index (χ3v) is 4.67. The van der Waals surface area contributed by atoms with E-state index < -0.39 is 0 Å². The summed E-state index contributed by atoms with van der Waals surface area (Å²) in [5.74, 6) is 1.31. The van der Waals surface area contributed by atoms with Gasteiger partial charge in [-0.1, -0.05) is 18.2 Å². The number of nitrogens with zero attached hydrogens (tertiary/aromatic N) is 1. The van der Waals surface area contributed by atoms with E-state index in [1.54, 1.807) is 0 Å². The van der Waals surface area contributed by atoms with Crippen LogP contribution in [0.4, 0.5) is 0 Å². The predicted octanol–water partition coefficient (Wildman–Crippen LogP) is 2.18. The van der Waals surface area contributed by atoms with Gasteiger partial charge in [0.1, 0.15) is 5.75 Å². The van der Waals surface area contributed by atoms with Crippen molar-refractivity contribution in [1.82, 2.24) is 10.2 Å². The highest BCUT2D eigenvalue weighted by atomic mass is 16.5. The molecule has 2 heterocycles. The van der Waals surface area contributed by atoms with Crippen LogP contribution in [0.2, 0.25) is 0 Å². The van der Waals surface area contributed by atoms with Crippen molar-refractivity contribution < 1.29 is 9.53 Å². The van der Waals surface area contributed by atoms with Gasteiger partial charge in [0, 0.05) is 31.2 Å². The maximum Gasteiger partial charge on any atom is 0.227 e. The van der Waals surface area contributed by atoms with Gasteiger partial charge in [-0.3, -0.25) is 4.79 Å². The van der Waals surface area contributed by atoms with E-state index >= 15 is 0 Å². The molecule has 0 spiro atoms. The molecule has 2 fully saturated rings. The van der Waals surface area contributed by atoms with E-state index in [9.17, 15) is 4.79 Å². The Labute approximate surface area is 126 Å². The Morgan fingerprint density at radius 2 is 2.19 bits per heavy atom. The molecule has 0 saturated carbocycles. The molecule has 4 heteroatoms. The van der Waals surface area contributed by atoms with E-state index in [0.29, 0.717) is 25.2 Å². The Morgan fingerprint density at radius 1 is 1.38 bits per heavy atom. The van der Waals surface area contributed by atoms with Gasteiger partial charge < -0.3 is 15.0 Å². The molecule has 3 rings (SSSR count). The van der Waals surface area contributed by atoms with E-state index in [2.05, 4.69) is 5.32 Å². The molecule has 0 radical (unpaired) electrons. The minimum absolute atomic E-state index is 0.160. The number of nitrogens with one attached hydrogen (secondary N) is 1. The number of amides is 1. The molecule has 114 valence electrons. The molecule has 3 atom stereocenters. The number of carbonyl (C=O) groups excluding carboxylic acids is 1. The lowest BCUT2D eigenvalue weighted by Crippen LogP contribution is -2.38. The molecular weight excluding hydrogens is 264 g/mol. The maximum absolute atomic E-state index is 12.7. The van der Waals surface area contributed by atoms with Crippen molar-refractivity contribution in [1.29, 1.82) is 0 Å². The molecular formula is C17H24N2O2. The highest BCUT2D eigenvalue weighted by Gasteiger charge is 2.43. The smallest absolute Gasteiger partial charge is 0.227 e. The number of benzene rings is 1. The number of carbonyl (C=O) groups is 1. The maximum atomic E-state index is 12.7. The van der Waals surface area contributed by atoms with Gasteiger partial charge in [0.25, 0.3) is 0 Å². The summed E-state index contributed by atoms with van der Waals surface area (Å²) in [7, 11) is 1.90. The topological polar surface area (TPSA) is 41.6 Å². The van der Waals surface area contributed by atoms with Crippen LogP contribution in [-0.2, 0) is 11.3 Å². The Kier molecular flexibility index (Phi) is 4.15. The summed E-state index contributed by atoms with van der Waals surface area (Å²) in [6.07, 6.45) is 3.37. The minimum atomic E-state index is 0.160. The summed E-state index contributed by atoms with van der Waals surface area (Å²) in [5.41, 5.74) is 1.08. The Morgan fingerprint density at radius 3 is 2.86 bits per heavy atom. The van der Waals surface area contributed by atoms with E-state index in [0.717, 1.165) is 24.2 Å². The number of ether oxygens (including phenoxy) is 1. The van der Waals surface area contributed by atoms with Gasteiger partial charge in [0.15, 0.2) is 0 Å². The van der Waals surface area contributed by atoms with Crippen molar-refractivity contribution in [2.45, 2.75) is 44.8 Å². The van der Waals surface area contributed by atoms with E-state index in [1.165, 1.54) is 6.42 Å². The predicted molar refractivity (Wildman–Crippen MR) is 82.1 cm³/mol. The second-order valence-corrected chi connectivity index (χ2v) is 6.12. The van der Waals surface area contributed by atoms with Crippen LogP contribution < -0.4 is 10.1 Å². The van der Waals surface area contributed by atoms with Crippen LogP contribution in [-0.4, -0.2) is 36.5 Å². The van der Waals surface area contributed by atoms with Crippen LogP contribution in [0.5, 0.6) is 5.75 Å². The number of rotatable bonds is 5. The van der Waals surface area contributed by atoms with E-state index in [-0.39, 0.29) is 11.8 Å². The molecule has 2 aliphatic heterocycles. The summed E-state index contributed by atoms with van der Waals surface area (Å²) in [6, 6.07) is 8.93. The molecule has 0 aliphatic carbocycles. The number of para-hydroxylation sites is 1. The average Bonchev–Trinajstić information content (AvgIpc) is 3.11. The van der Waals surface area contributed by atoms with Gasteiger partial charge in [-0.05, 0) is 32.3 Å². The zero-order chi connectivity index (χ0) is 14.8. The first-order valence-electron chi connectivity index (χ1n) is 7.90. The minimum Gasteiger partial charge on any atom is -0.494 e. The van der Waals surface area contributed by atoms with Crippen LogP contribution in [0.25, 0.3) is 0 Å². The summed E-state index contributed by atoms with van der Waals surface area (Å²) in [6.45, 7) is 3.24. The molecule has 0 aromatic heterocycles. The summed E-state index contributed by atoms with van der Waals surface area (Å²) in [5, 5.41) is 3.54. The Hall–Kier alpha value is -1.55. The SMILES string of the molecule is CCOc1ccccc1CN(C)C(=O)C1CC2CCC1N2. The van der Waals surface area contributed by atoms with Crippen molar-refractivity contribution in [3.63, 3.8) is 0 Å². The standard InChI is InChI=1S/C17H24N2O2/c1-3-21-16-7-5-4-6-12(16)11-19(2)17(20)14-10-13-8-9-15(14)18-13/h4-7,13-15,18H,3,8-11H2,1-2H3. The average molecular weight is 288 g/mol. The van der Waals surface area contributed by atoms with Crippen LogP contribution in [0.15, 0.2) is 24.3 Å². The monoisotopic (exact) mass is 288 g/mol. The first kappa shape index (κ1) is 14.4. The van der Waals surface area contributed by atoms with Crippen LogP contribution >= 0.6 is 0 Å². The molecule has 1 aromatic rings. The van der Waals surface area contributed by atoms with Gasteiger partial charge in [-0.25, -0.2) is 0 Å². The normalized spacial score (nSPS) is 26.9. The van der Waals surface area contributed by atoms with Crippen molar-refractivity contribution in [3.05, 3.63) is 29.8 Å². The van der Waals surface area contributed by atoms with Gasteiger partial charge in [0.2, 0.25) is 5.91 Å². The molecule has 2 bridgehead atoms. The fourth-order valence-electron chi connectivity index (χ4n) is 3.64. The van der Waals surface area contributed by atoms with Crippen LogP contribution in [0.3, 0.4) is 0 Å². The number of hydrogen-bond acceptors (Lipinski definition) is 3. The Balaban J connectivity index is 1.66. The molecule has 4 nitrogen and oxygen atoms in total. The molecule has 21 heavy (non-hydrogen) atoms. The van der Waals surface area contributed by atoms with Crippen LogP contribution in [0, 0.1) is 5.92 Å². The van der Waals surface area contributed by atoms with Gasteiger partial charge >= 0.3 is 0 Å². The lowest BCUT2D eigenvalue weighted by Gasteiger charge is -2.26. The highest BCUT2D eigenvalue weighted by molar-refractivity contribution is 5.80. The number of hydrogen-bond donors (Lipinski definition) is 1. The molecule has 1 N–H and O–H groups in total. The lowest BCUT2D eigenvalue weighted by molar-refractivity contribution is -0.135. The van der Waals surface area contributed by atoms with E-state index in [4.69, 9.17) is 4.74 Å². The van der Waals surface area contributed by atoms with Crippen molar-refractivity contribution in [2.75, 3.05) is 13.7 Å². The first-order valence-corrected chi connectivity index (χ1v) is 7.90. The second kappa shape index (κ2) is 6.06. The fraction of sp³-hybridized carbons (Fsp3) is 0.588. The zero-order valence-corrected chi connectivity index (χ0v) is 12.8. The highest BCUT2D eigenvalue weighted by Crippen LogP contribution is 2.34. The van der Waals surface area contributed by atoms with Crippen molar-refractivity contribution in [2.24, 2.45) is 5.92 Å². The summed E-state index contributed by atoms with van der Waals surface area (Å²) < 4.78 is 5.64. The number of fused-ring (bicyclic) bond motifs is 2. The fourth-order valence-corrected chi connectivity index (χ4v) is 3.64. The van der Waals surface area contributed by atoms with Crippen LogP contribution in [0.1, 0.15) is 31.7 Å². The van der Waals surface area contributed by atoms with E-state index in [1.807, 2.05) is 43.1 Å². The second-order valence-electron chi connectivity index (χ2n) is 6.12. The molecule has 1 aromatic carbocycles. The van der Waals surface area contributed by atoms with Crippen molar-refractivity contribution >= 4 is 5.91 Å². The quantitative estimate of drug-likeness (QED) is 0.903. The third kappa shape index (κ3) is 2.91. The molecule has 2 saturated heterocycles. The molecule has 1 amide bonds. The van der Waals surface area contributed by atoms with Gasteiger partial charge in [-0.15, -0.1) is 0 Å².